The van der Waals surface area contributed by atoms with E-state index in [1.807, 2.05) is 30.3 Å². The molecule has 20 heavy (non-hydrogen) atoms. The zero-order valence-electron chi connectivity index (χ0n) is 11.3. The first kappa shape index (κ1) is 13.2. The maximum Gasteiger partial charge on any atom is 0.141 e. The number of nitrogens with zero attached hydrogens (tertiary/aromatic N) is 2. The summed E-state index contributed by atoms with van der Waals surface area (Å²) in [7, 11) is 0. The van der Waals surface area contributed by atoms with E-state index >= 15 is 0 Å². The molecule has 0 bridgehead atoms. The summed E-state index contributed by atoms with van der Waals surface area (Å²) in [5.74, 6) is 0.966. The third-order valence-electron chi connectivity index (χ3n) is 3.47. The lowest BCUT2D eigenvalue weighted by molar-refractivity contribution is 0.796. The van der Waals surface area contributed by atoms with Crippen LogP contribution in [0.5, 0.6) is 0 Å². The van der Waals surface area contributed by atoms with Crippen LogP contribution in [0.2, 0.25) is 5.02 Å². The van der Waals surface area contributed by atoms with E-state index in [4.69, 9.17) is 22.3 Å². The number of rotatable bonds is 3. The first-order chi connectivity index (χ1) is 9.72. The van der Waals surface area contributed by atoms with Crippen LogP contribution in [0.4, 0.5) is 0 Å². The average molecular weight is 286 g/mol. The van der Waals surface area contributed by atoms with Gasteiger partial charge in [0.15, 0.2) is 0 Å². The SMILES string of the molecule is CCn1c(-c2ccc(CN)cc2)nc2ccc(Cl)cc21. The van der Waals surface area contributed by atoms with Crippen molar-refractivity contribution in [2.24, 2.45) is 5.73 Å². The van der Waals surface area contributed by atoms with Gasteiger partial charge in [0.1, 0.15) is 5.82 Å². The first-order valence-corrected chi connectivity index (χ1v) is 7.06. The van der Waals surface area contributed by atoms with E-state index in [9.17, 15) is 0 Å². The van der Waals surface area contributed by atoms with Gasteiger partial charge in [0, 0.05) is 23.7 Å². The minimum absolute atomic E-state index is 0.556. The number of nitrogens with two attached hydrogens (primary N) is 1. The molecule has 1 heterocycles. The summed E-state index contributed by atoms with van der Waals surface area (Å²) < 4.78 is 2.18. The molecule has 3 aromatic rings. The summed E-state index contributed by atoms with van der Waals surface area (Å²) in [5, 5.41) is 0.733. The molecule has 0 fully saturated rings. The van der Waals surface area contributed by atoms with E-state index in [1.165, 1.54) is 0 Å². The van der Waals surface area contributed by atoms with Crippen LogP contribution in [-0.4, -0.2) is 9.55 Å². The van der Waals surface area contributed by atoms with Crippen molar-refractivity contribution < 1.29 is 0 Å². The molecule has 3 nitrogen and oxygen atoms in total. The van der Waals surface area contributed by atoms with Crippen LogP contribution >= 0.6 is 11.6 Å². The highest BCUT2D eigenvalue weighted by Crippen LogP contribution is 2.27. The summed E-state index contributed by atoms with van der Waals surface area (Å²) >= 11 is 6.09. The van der Waals surface area contributed by atoms with Gasteiger partial charge in [-0.05, 0) is 30.7 Å². The molecule has 0 aliphatic rings. The molecule has 0 amide bonds. The predicted octanol–water partition coefficient (Wildman–Crippen LogP) is 3.84. The van der Waals surface area contributed by atoms with Crippen molar-refractivity contribution in [3.8, 4) is 11.4 Å². The zero-order valence-corrected chi connectivity index (χ0v) is 12.1. The molecule has 3 rings (SSSR count). The van der Waals surface area contributed by atoms with Gasteiger partial charge >= 0.3 is 0 Å². The van der Waals surface area contributed by atoms with E-state index in [-0.39, 0.29) is 0 Å². The normalized spacial score (nSPS) is 11.2. The van der Waals surface area contributed by atoms with Crippen molar-refractivity contribution >= 4 is 22.6 Å². The molecular formula is C16H16ClN3. The Morgan fingerprint density at radius 2 is 1.90 bits per heavy atom. The van der Waals surface area contributed by atoms with Crippen LogP contribution in [0, 0.1) is 0 Å². The van der Waals surface area contributed by atoms with E-state index in [0.29, 0.717) is 6.54 Å². The Hall–Kier alpha value is -1.84. The van der Waals surface area contributed by atoms with Gasteiger partial charge < -0.3 is 10.3 Å². The Morgan fingerprint density at radius 1 is 1.15 bits per heavy atom. The van der Waals surface area contributed by atoms with Crippen LogP contribution in [0.3, 0.4) is 0 Å². The van der Waals surface area contributed by atoms with Crippen LogP contribution in [-0.2, 0) is 13.1 Å². The Morgan fingerprint density at radius 3 is 2.55 bits per heavy atom. The van der Waals surface area contributed by atoms with Gasteiger partial charge in [0.05, 0.1) is 11.0 Å². The lowest BCUT2D eigenvalue weighted by Crippen LogP contribution is -1.99. The van der Waals surface area contributed by atoms with Crippen molar-refractivity contribution in [1.29, 1.82) is 0 Å². The smallest absolute Gasteiger partial charge is 0.141 e. The predicted molar refractivity (Wildman–Crippen MR) is 83.7 cm³/mol. The molecule has 0 spiro atoms. The minimum atomic E-state index is 0.556. The number of fused-ring (bicyclic) bond motifs is 1. The van der Waals surface area contributed by atoms with E-state index < -0.39 is 0 Å². The number of aryl methyl sites for hydroxylation is 1. The molecule has 2 N–H and O–H groups in total. The second-order valence-electron chi connectivity index (χ2n) is 4.71. The van der Waals surface area contributed by atoms with Crippen molar-refractivity contribution in [1.82, 2.24) is 9.55 Å². The highest BCUT2D eigenvalue weighted by atomic mass is 35.5. The molecule has 0 unspecified atom stereocenters. The number of hydrogen-bond donors (Lipinski definition) is 1. The van der Waals surface area contributed by atoms with E-state index in [1.54, 1.807) is 0 Å². The zero-order chi connectivity index (χ0) is 14.1. The quantitative estimate of drug-likeness (QED) is 0.795. The largest absolute Gasteiger partial charge is 0.326 e. The maximum atomic E-state index is 6.09. The number of imidazole rings is 1. The number of benzene rings is 2. The molecule has 0 saturated carbocycles. The number of aromatic nitrogens is 2. The summed E-state index contributed by atoms with van der Waals surface area (Å²) in [5.41, 5.74) is 9.89. The van der Waals surface area contributed by atoms with Crippen LogP contribution < -0.4 is 5.73 Å². The average Bonchev–Trinajstić information content (AvgIpc) is 2.85. The minimum Gasteiger partial charge on any atom is -0.326 e. The maximum absolute atomic E-state index is 6.09. The molecular weight excluding hydrogens is 270 g/mol. The van der Waals surface area contributed by atoms with E-state index in [2.05, 4.69) is 23.6 Å². The summed E-state index contributed by atoms with van der Waals surface area (Å²) in [6, 6.07) is 14.0. The molecule has 4 heteroatoms. The fraction of sp³-hybridized carbons (Fsp3) is 0.188. The molecule has 0 saturated heterocycles. The number of halogens is 1. The Kier molecular flexibility index (Phi) is 3.47. The van der Waals surface area contributed by atoms with Gasteiger partial charge in [-0.1, -0.05) is 35.9 Å². The monoisotopic (exact) mass is 285 g/mol. The fourth-order valence-corrected chi connectivity index (χ4v) is 2.59. The lowest BCUT2D eigenvalue weighted by atomic mass is 10.1. The molecule has 0 radical (unpaired) electrons. The molecule has 0 aliphatic heterocycles. The summed E-state index contributed by atoms with van der Waals surface area (Å²) in [6.45, 7) is 3.52. The second-order valence-corrected chi connectivity index (χ2v) is 5.15. The van der Waals surface area contributed by atoms with Gasteiger partial charge in [-0.25, -0.2) is 4.98 Å². The topological polar surface area (TPSA) is 43.8 Å². The molecule has 1 aromatic heterocycles. The van der Waals surface area contributed by atoms with Crippen LogP contribution in [0.15, 0.2) is 42.5 Å². The van der Waals surface area contributed by atoms with Crippen molar-refractivity contribution in [2.75, 3.05) is 0 Å². The Bertz CT molecular complexity index is 744. The molecule has 102 valence electrons. The summed E-state index contributed by atoms with van der Waals surface area (Å²) in [4.78, 5) is 4.72. The third kappa shape index (κ3) is 2.19. The van der Waals surface area contributed by atoms with Crippen LogP contribution in [0.25, 0.3) is 22.4 Å². The van der Waals surface area contributed by atoms with Gasteiger partial charge in [0.25, 0.3) is 0 Å². The Balaban J connectivity index is 2.19. The van der Waals surface area contributed by atoms with Gasteiger partial charge in [0.2, 0.25) is 0 Å². The number of hydrogen-bond acceptors (Lipinski definition) is 2. The highest BCUT2D eigenvalue weighted by molar-refractivity contribution is 6.31. The highest BCUT2D eigenvalue weighted by Gasteiger charge is 2.11. The standard InChI is InChI=1S/C16H16ClN3/c1-2-20-15-9-13(17)7-8-14(15)19-16(20)12-5-3-11(10-18)4-6-12/h3-9H,2,10,18H2,1H3. The molecule has 0 atom stereocenters. The van der Waals surface area contributed by atoms with Gasteiger partial charge in [-0.15, -0.1) is 0 Å². The van der Waals surface area contributed by atoms with Gasteiger partial charge in [-0.2, -0.15) is 0 Å². The Labute approximate surface area is 123 Å². The van der Waals surface area contributed by atoms with E-state index in [0.717, 1.165) is 39.6 Å². The van der Waals surface area contributed by atoms with Crippen molar-refractivity contribution in [2.45, 2.75) is 20.0 Å². The molecule has 2 aromatic carbocycles. The fourth-order valence-electron chi connectivity index (χ4n) is 2.43. The van der Waals surface area contributed by atoms with Crippen LogP contribution in [0.1, 0.15) is 12.5 Å². The lowest BCUT2D eigenvalue weighted by Gasteiger charge is -2.07. The first-order valence-electron chi connectivity index (χ1n) is 6.68. The van der Waals surface area contributed by atoms with Gasteiger partial charge in [-0.3, -0.25) is 0 Å². The molecule has 0 aliphatic carbocycles. The van der Waals surface area contributed by atoms with Crippen molar-refractivity contribution in [3.63, 3.8) is 0 Å². The second kappa shape index (κ2) is 5.27. The third-order valence-corrected chi connectivity index (χ3v) is 3.71. The summed E-state index contributed by atoms with van der Waals surface area (Å²) in [6.07, 6.45) is 0. The van der Waals surface area contributed by atoms with Crippen molar-refractivity contribution in [3.05, 3.63) is 53.1 Å².